The predicted octanol–water partition coefficient (Wildman–Crippen LogP) is 1.68. The summed E-state index contributed by atoms with van der Waals surface area (Å²) < 4.78 is 25.9. The molecular weight excluding hydrogens is 378 g/mol. The van der Waals surface area contributed by atoms with Crippen LogP contribution in [0.3, 0.4) is 0 Å². The van der Waals surface area contributed by atoms with E-state index in [1.54, 1.807) is 27.4 Å². The number of carbonyl (C=O) groups is 1. The van der Waals surface area contributed by atoms with Gasteiger partial charge < -0.3 is 4.90 Å². The van der Waals surface area contributed by atoms with Crippen molar-refractivity contribution in [1.82, 2.24) is 14.1 Å². The van der Waals surface area contributed by atoms with Gasteiger partial charge in [-0.25, -0.2) is 8.42 Å². The summed E-state index contributed by atoms with van der Waals surface area (Å²) in [6, 6.07) is 4.11. The quantitative estimate of drug-likeness (QED) is 0.693. The van der Waals surface area contributed by atoms with Crippen LogP contribution < -0.4 is 0 Å². The van der Waals surface area contributed by atoms with E-state index in [-0.39, 0.29) is 17.0 Å². The molecule has 1 aromatic rings. The molecule has 0 bridgehead atoms. The van der Waals surface area contributed by atoms with E-state index in [1.165, 1.54) is 4.88 Å². The summed E-state index contributed by atoms with van der Waals surface area (Å²) in [5, 5.41) is 2.19. The van der Waals surface area contributed by atoms with Crippen molar-refractivity contribution in [1.29, 1.82) is 0 Å². The highest BCUT2D eigenvalue weighted by atomic mass is 32.2. The third-order valence-electron chi connectivity index (χ3n) is 4.60. The Morgan fingerprint density at radius 2 is 1.96 bits per heavy atom. The van der Waals surface area contributed by atoms with Crippen molar-refractivity contribution in [2.45, 2.75) is 18.7 Å². The molecule has 0 aliphatic carbocycles. The summed E-state index contributed by atoms with van der Waals surface area (Å²) in [6.45, 7) is 5.98. The third-order valence-corrected chi connectivity index (χ3v) is 8.99. The normalized spacial score (nSPS) is 23.5. The number of rotatable bonds is 7. The Labute approximate surface area is 158 Å². The smallest absolute Gasteiger partial charge is 0.233 e. The standard InChI is InChI=1S/C16H25N3O3S3/c1-2-12-25(21,22)18-8-5-17(6-9-18)7-10-19-15(20)13-24-16(19)14-4-3-11-23-14/h3-4,11,16H,2,5-10,12-13H2,1H3. The van der Waals surface area contributed by atoms with E-state index >= 15 is 0 Å². The fourth-order valence-electron chi connectivity index (χ4n) is 3.23. The third kappa shape index (κ3) is 4.57. The first-order chi connectivity index (χ1) is 12.0. The van der Waals surface area contributed by atoms with Crippen molar-refractivity contribution in [3.8, 4) is 0 Å². The Hall–Kier alpha value is -0.610. The molecular formula is C16H25N3O3S3. The zero-order valence-corrected chi connectivity index (χ0v) is 16.9. The van der Waals surface area contributed by atoms with Crippen molar-refractivity contribution < 1.29 is 13.2 Å². The first-order valence-corrected chi connectivity index (χ1v) is 12.2. The minimum atomic E-state index is -3.09. The van der Waals surface area contributed by atoms with E-state index in [2.05, 4.69) is 11.0 Å². The number of thioether (sulfide) groups is 1. The molecule has 2 aliphatic rings. The second-order valence-corrected chi connectivity index (χ2v) is 10.5. The number of nitrogens with zero attached hydrogens (tertiary/aromatic N) is 3. The molecule has 0 spiro atoms. The molecule has 1 amide bonds. The van der Waals surface area contributed by atoms with Gasteiger partial charge in [-0.1, -0.05) is 13.0 Å². The Kier molecular flexibility index (Phi) is 6.43. The van der Waals surface area contributed by atoms with E-state index in [0.29, 0.717) is 31.8 Å². The maximum atomic E-state index is 12.2. The summed E-state index contributed by atoms with van der Waals surface area (Å²) in [5.74, 6) is 0.980. The first kappa shape index (κ1) is 19.2. The summed E-state index contributed by atoms with van der Waals surface area (Å²) in [5.41, 5.74) is 0. The molecule has 140 valence electrons. The summed E-state index contributed by atoms with van der Waals surface area (Å²) in [7, 11) is -3.09. The van der Waals surface area contributed by atoms with Crippen LogP contribution in [0.1, 0.15) is 23.6 Å². The van der Waals surface area contributed by atoms with Gasteiger partial charge in [-0.3, -0.25) is 9.69 Å². The van der Waals surface area contributed by atoms with Gasteiger partial charge in [0.05, 0.1) is 11.5 Å². The fourth-order valence-corrected chi connectivity index (χ4v) is 6.92. The fraction of sp³-hybridized carbons (Fsp3) is 0.688. The van der Waals surface area contributed by atoms with Gasteiger partial charge in [0, 0.05) is 44.1 Å². The number of piperazine rings is 1. The van der Waals surface area contributed by atoms with Crippen LogP contribution in [0.2, 0.25) is 0 Å². The summed E-state index contributed by atoms with van der Waals surface area (Å²) >= 11 is 3.39. The molecule has 2 fully saturated rings. The van der Waals surface area contributed by atoms with Crippen molar-refractivity contribution in [2.75, 3.05) is 50.8 Å². The van der Waals surface area contributed by atoms with E-state index in [9.17, 15) is 13.2 Å². The molecule has 9 heteroatoms. The summed E-state index contributed by atoms with van der Waals surface area (Å²) in [6.07, 6.45) is 0.654. The lowest BCUT2D eigenvalue weighted by Crippen LogP contribution is -2.50. The van der Waals surface area contributed by atoms with Crippen LogP contribution in [0, 0.1) is 0 Å². The van der Waals surface area contributed by atoms with Crippen LogP contribution in [0.25, 0.3) is 0 Å². The average molecular weight is 404 g/mol. The molecule has 1 atom stereocenters. The number of sulfonamides is 1. The second-order valence-electron chi connectivity index (χ2n) is 6.32. The van der Waals surface area contributed by atoms with Crippen LogP contribution in [0.4, 0.5) is 0 Å². The van der Waals surface area contributed by atoms with Crippen molar-refractivity contribution in [2.24, 2.45) is 0 Å². The minimum Gasteiger partial charge on any atom is -0.324 e. The van der Waals surface area contributed by atoms with Crippen LogP contribution in [0.5, 0.6) is 0 Å². The highest BCUT2D eigenvalue weighted by Gasteiger charge is 2.34. The molecule has 0 saturated carbocycles. The van der Waals surface area contributed by atoms with Crippen molar-refractivity contribution in [3.05, 3.63) is 22.4 Å². The molecule has 1 aromatic heterocycles. The number of hydrogen-bond acceptors (Lipinski definition) is 6. The van der Waals surface area contributed by atoms with Crippen molar-refractivity contribution in [3.63, 3.8) is 0 Å². The van der Waals surface area contributed by atoms with Gasteiger partial charge in [-0.2, -0.15) is 4.31 Å². The SMILES string of the molecule is CCCS(=O)(=O)N1CCN(CCN2C(=O)CSC2c2cccs2)CC1. The van der Waals surface area contributed by atoms with E-state index in [0.717, 1.165) is 19.6 Å². The zero-order chi connectivity index (χ0) is 17.9. The molecule has 2 aliphatic heterocycles. The Morgan fingerprint density at radius 1 is 1.20 bits per heavy atom. The zero-order valence-electron chi connectivity index (χ0n) is 14.5. The van der Waals surface area contributed by atoms with E-state index in [4.69, 9.17) is 0 Å². The largest absolute Gasteiger partial charge is 0.324 e. The van der Waals surface area contributed by atoms with E-state index in [1.807, 2.05) is 23.3 Å². The maximum Gasteiger partial charge on any atom is 0.233 e. The number of amides is 1. The first-order valence-electron chi connectivity index (χ1n) is 8.66. The maximum absolute atomic E-state index is 12.2. The Morgan fingerprint density at radius 3 is 2.60 bits per heavy atom. The predicted molar refractivity (Wildman–Crippen MR) is 103 cm³/mol. The summed E-state index contributed by atoms with van der Waals surface area (Å²) in [4.78, 5) is 17.7. The molecule has 3 rings (SSSR count). The van der Waals surface area contributed by atoms with Gasteiger partial charge in [-0.15, -0.1) is 23.1 Å². The lowest BCUT2D eigenvalue weighted by Gasteiger charge is -2.35. The monoisotopic (exact) mass is 403 g/mol. The Bertz CT molecular complexity index is 670. The highest BCUT2D eigenvalue weighted by Crippen LogP contribution is 2.40. The number of hydrogen-bond donors (Lipinski definition) is 0. The van der Waals surface area contributed by atoms with Gasteiger partial charge in [0.2, 0.25) is 15.9 Å². The molecule has 0 aromatic carbocycles. The van der Waals surface area contributed by atoms with Gasteiger partial charge >= 0.3 is 0 Å². The van der Waals surface area contributed by atoms with Gasteiger partial charge in [0.1, 0.15) is 5.37 Å². The Balaban J connectivity index is 1.50. The van der Waals surface area contributed by atoms with E-state index < -0.39 is 10.0 Å². The molecule has 2 saturated heterocycles. The number of thiophene rings is 1. The van der Waals surface area contributed by atoms with Gasteiger partial charge in [0.25, 0.3) is 0 Å². The van der Waals surface area contributed by atoms with Gasteiger partial charge in [-0.05, 0) is 17.9 Å². The molecule has 25 heavy (non-hydrogen) atoms. The lowest BCUT2D eigenvalue weighted by molar-refractivity contribution is -0.128. The minimum absolute atomic E-state index is 0.138. The molecule has 1 unspecified atom stereocenters. The molecule has 0 radical (unpaired) electrons. The topological polar surface area (TPSA) is 60.9 Å². The second kappa shape index (κ2) is 8.39. The van der Waals surface area contributed by atoms with Crippen LogP contribution in [-0.4, -0.2) is 79.2 Å². The van der Waals surface area contributed by atoms with Gasteiger partial charge in [0.15, 0.2) is 0 Å². The number of carbonyl (C=O) groups excluding carboxylic acids is 1. The molecule has 3 heterocycles. The average Bonchev–Trinajstić information content (AvgIpc) is 3.23. The molecule has 6 nitrogen and oxygen atoms in total. The van der Waals surface area contributed by atoms with Crippen LogP contribution >= 0.6 is 23.1 Å². The van der Waals surface area contributed by atoms with Crippen LogP contribution in [-0.2, 0) is 14.8 Å². The molecule has 0 N–H and O–H groups in total. The van der Waals surface area contributed by atoms with Crippen molar-refractivity contribution >= 4 is 39.0 Å². The van der Waals surface area contributed by atoms with Crippen LogP contribution in [0.15, 0.2) is 17.5 Å². The highest BCUT2D eigenvalue weighted by molar-refractivity contribution is 8.00. The lowest BCUT2D eigenvalue weighted by atomic mass is 10.3.